The first-order valence-electron chi connectivity index (χ1n) is 5.30. The molecular formula is C13H13FN2O. The number of carbonyl (C=O) groups is 1. The monoisotopic (exact) mass is 232 g/mol. The number of Topliss-reactive ketones (excluding diaryl/α,β-unsaturated/α-hetero) is 1. The molecule has 17 heavy (non-hydrogen) atoms. The van der Waals surface area contributed by atoms with Crippen LogP contribution in [0.2, 0.25) is 0 Å². The summed E-state index contributed by atoms with van der Waals surface area (Å²) in [6, 6.07) is 4.19. The summed E-state index contributed by atoms with van der Waals surface area (Å²) in [6.07, 6.45) is 1.79. The highest BCUT2D eigenvalue weighted by atomic mass is 19.1. The van der Waals surface area contributed by atoms with Crippen LogP contribution in [0, 0.1) is 12.7 Å². The highest BCUT2D eigenvalue weighted by Crippen LogP contribution is 2.27. The van der Waals surface area contributed by atoms with Crippen LogP contribution in [0.15, 0.2) is 24.4 Å². The van der Waals surface area contributed by atoms with Gasteiger partial charge in [0.2, 0.25) is 0 Å². The number of aryl methyl sites for hydroxylation is 2. The molecule has 0 unspecified atom stereocenters. The first-order chi connectivity index (χ1) is 7.99. The van der Waals surface area contributed by atoms with Gasteiger partial charge in [-0.15, -0.1) is 0 Å². The van der Waals surface area contributed by atoms with E-state index in [1.807, 2.05) is 6.92 Å². The molecule has 0 aliphatic rings. The van der Waals surface area contributed by atoms with Crippen LogP contribution in [-0.2, 0) is 7.05 Å². The van der Waals surface area contributed by atoms with Crippen molar-refractivity contribution in [2.24, 2.45) is 7.05 Å². The van der Waals surface area contributed by atoms with Crippen LogP contribution in [-0.4, -0.2) is 15.6 Å². The van der Waals surface area contributed by atoms with Gasteiger partial charge in [0, 0.05) is 24.4 Å². The number of carbonyl (C=O) groups excluding carboxylic acids is 1. The SMILES string of the molecule is CC(=O)c1ccc(F)cc1-c1cn(C)nc1C. The quantitative estimate of drug-likeness (QED) is 0.746. The van der Waals surface area contributed by atoms with Gasteiger partial charge < -0.3 is 0 Å². The first kappa shape index (κ1) is 11.5. The van der Waals surface area contributed by atoms with Gasteiger partial charge in [-0.25, -0.2) is 4.39 Å². The molecule has 0 amide bonds. The predicted molar refractivity (Wildman–Crippen MR) is 63.3 cm³/mol. The number of ketones is 1. The summed E-state index contributed by atoms with van der Waals surface area (Å²) in [4.78, 5) is 11.5. The maximum Gasteiger partial charge on any atom is 0.160 e. The fraction of sp³-hybridized carbons (Fsp3) is 0.231. The summed E-state index contributed by atoms with van der Waals surface area (Å²) in [5.74, 6) is -0.434. The van der Waals surface area contributed by atoms with Gasteiger partial charge in [0.1, 0.15) is 5.82 Å². The van der Waals surface area contributed by atoms with Crippen LogP contribution in [0.1, 0.15) is 23.0 Å². The normalized spacial score (nSPS) is 10.6. The smallest absolute Gasteiger partial charge is 0.160 e. The molecule has 0 bridgehead atoms. The number of aromatic nitrogens is 2. The Morgan fingerprint density at radius 2 is 2.06 bits per heavy atom. The summed E-state index contributed by atoms with van der Waals surface area (Å²) in [5, 5.41) is 4.20. The lowest BCUT2D eigenvalue weighted by molar-refractivity contribution is 0.101. The topological polar surface area (TPSA) is 34.9 Å². The molecule has 1 aromatic heterocycles. The van der Waals surface area contributed by atoms with Crippen molar-refractivity contribution in [3.8, 4) is 11.1 Å². The molecule has 2 aromatic rings. The molecule has 0 fully saturated rings. The summed E-state index contributed by atoms with van der Waals surface area (Å²) in [6.45, 7) is 3.31. The molecule has 0 saturated heterocycles. The second-order valence-electron chi connectivity index (χ2n) is 4.05. The Balaban J connectivity index is 2.69. The Hall–Kier alpha value is -1.97. The van der Waals surface area contributed by atoms with Gasteiger partial charge in [-0.1, -0.05) is 0 Å². The van der Waals surface area contributed by atoms with E-state index in [2.05, 4.69) is 5.10 Å². The fourth-order valence-corrected chi connectivity index (χ4v) is 1.91. The number of benzene rings is 1. The maximum atomic E-state index is 13.3. The molecule has 3 nitrogen and oxygen atoms in total. The van der Waals surface area contributed by atoms with E-state index in [0.29, 0.717) is 11.1 Å². The van der Waals surface area contributed by atoms with Gasteiger partial charge in [0.15, 0.2) is 5.78 Å². The molecule has 1 heterocycles. The molecule has 0 aliphatic carbocycles. The molecule has 0 spiro atoms. The average molecular weight is 232 g/mol. The van der Waals surface area contributed by atoms with Gasteiger partial charge in [0.25, 0.3) is 0 Å². The maximum absolute atomic E-state index is 13.3. The Morgan fingerprint density at radius 1 is 1.35 bits per heavy atom. The molecule has 88 valence electrons. The molecule has 0 aliphatic heterocycles. The van der Waals surface area contributed by atoms with Crippen LogP contribution >= 0.6 is 0 Å². The van der Waals surface area contributed by atoms with Crippen LogP contribution in [0.3, 0.4) is 0 Å². The third-order valence-electron chi connectivity index (χ3n) is 2.66. The van der Waals surface area contributed by atoms with Crippen LogP contribution in [0.25, 0.3) is 11.1 Å². The van der Waals surface area contributed by atoms with E-state index in [0.717, 1.165) is 11.3 Å². The van der Waals surface area contributed by atoms with Crippen molar-refractivity contribution in [1.29, 1.82) is 0 Å². The van der Waals surface area contributed by atoms with E-state index in [-0.39, 0.29) is 11.6 Å². The minimum absolute atomic E-state index is 0.0803. The number of nitrogens with zero attached hydrogens (tertiary/aromatic N) is 2. The molecule has 1 aromatic carbocycles. The van der Waals surface area contributed by atoms with Crippen molar-refractivity contribution in [1.82, 2.24) is 9.78 Å². The number of hydrogen-bond acceptors (Lipinski definition) is 2. The Labute approximate surface area is 98.9 Å². The van der Waals surface area contributed by atoms with Gasteiger partial charge in [0.05, 0.1) is 5.69 Å². The van der Waals surface area contributed by atoms with Crippen molar-refractivity contribution in [3.63, 3.8) is 0 Å². The van der Waals surface area contributed by atoms with Crippen molar-refractivity contribution in [2.75, 3.05) is 0 Å². The molecular weight excluding hydrogens is 219 g/mol. The van der Waals surface area contributed by atoms with Gasteiger partial charge in [-0.3, -0.25) is 9.48 Å². The van der Waals surface area contributed by atoms with E-state index in [9.17, 15) is 9.18 Å². The largest absolute Gasteiger partial charge is 0.294 e. The Bertz CT molecular complexity index is 587. The van der Waals surface area contributed by atoms with Crippen molar-refractivity contribution < 1.29 is 9.18 Å². The summed E-state index contributed by atoms with van der Waals surface area (Å²) in [5.41, 5.74) is 2.68. The molecule has 4 heteroatoms. The summed E-state index contributed by atoms with van der Waals surface area (Å²) < 4.78 is 14.9. The first-order valence-corrected chi connectivity index (χ1v) is 5.30. The van der Waals surface area contributed by atoms with E-state index < -0.39 is 0 Å². The third kappa shape index (κ3) is 2.11. The standard InChI is InChI=1S/C13H13FN2O/c1-8-13(7-16(3)15-8)12-6-10(14)4-5-11(12)9(2)17/h4-7H,1-3H3. The lowest BCUT2D eigenvalue weighted by Crippen LogP contribution is -1.97. The van der Waals surface area contributed by atoms with Crippen molar-refractivity contribution in [3.05, 3.63) is 41.5 Å². The predicted octanol–water partition coefficient (Wildman–Crippen LogP) is 2.74. The van der Waals surface area contributed by atoms with Crippen LogP contribution in [0.5, 0.6) is 0 Å². The third-order valence-corrected chi connectivity index (χ3v) is 2.66. The molecule has 0 saturated carbocycles. The van der Waals surface area contributed by atoms with Crippen LogP contribution < -0.4 is 0 Å². The van der Waals surface area contributed by atoms with Crippen molar-refractivity contribution in [2.45, 2.75) is 13.8 Å². The van der Waals surface area contributed by atoms with E-state index >= 15 is 0 Å². The zero-order valence-corrected chi connectivity index (χ0v) is 9.99. The van der Waals surface area contributed by atoms with Gasteiger partial charge in [-0.05, 0) is 37.6 Å². The molecule has 0 radical (unpaired) electrons. The zero-order chi connectivity index (χ0) is 12.6. The highest BCUT2D eigenvalue weighted by Gasteiger charge is 2.14. The highest BCUT2D eigenvalue weighted by molar-refractivity contribution is 6.01. The molecule has 0 atom stereocenters. The molecule has 2 rings (SSSR count). The summed E-state index contributed by atoms with van der Waals surface area (Å²) in [7, 11) is 1.79. The lowest BCUT2D eigenvalue weighted by atomic mass is 9.98. The molecule has 0 N–H and O–H groups in total. The van der Waals surface area contributed by atoms with E-state index in [4.69, 9.17) is 0 Å². The van der Waals surface area contributed by atoms with Crippen molar-refractivity contribution >= 4 is 5.78 Å². The minimum atomic E-state index is -0.353. The zero-order valence-electron chi connectivity index (χ0n) is 9.99. The fourth-order valence-electron chi connectivity index (χ4n) is 1.91. The lowest BCUT2D eigenvalue weighted by Gasteiger charge is -2.05. The second kappa shape index (κ2) is 4.13. The number of rotatable bonds is 2. The van der Waals surface area contributed by atoms with Crippen LogP contribution in [0.4, 0.5) is 4.39 Å². The van der Waals surface area contributed by atoms with Gasteiger partial charge in [-0.2, -0.15) is 5.10 Å². The average Bonchev–Trinajstić information content (AvgIpc) is 2.57. The minimum Gasteiger partial charge on any atom is -0.294 e. The number of halogens is 1. The summed E-state index contributed by atoms with van der Waals surface area (Å²) >= 11 is 0. The number of hydrogen-bond donors (Lipinski definition) is 0. The Morgan fingerprint density at radius 3 is 2.59 bits per heavy atom. The Kier molecular flexibility index (Phi) is 2.79. The van der Waals surface area contributed by atoms with E-state index in [1.54, 1.807) is 17.9 Å². The van der Waals surface area contributed by atoms with E-state index in [1.165, 1.54) is 25.1 Å². The van der Waals surface area contributed by atoms with Gasteiger partial charge >= 0.3 is 0 Å². The second-order valence-corrected chi connectivity index (χ2v) is 4.05.